The first kappa shape index (κ1) is 13.8. The standard InChI is InChI=1S/C16H17N3O/c1-12-5-3-4-6-16(12)19-17-11-14-7-9-15(10-8-14)18-13(2)20/h3-11,19H,1-2H3,(H,18,20)/b17-11+. The molecule has 2 aromatic carbocycles. The normalized spacial score (nSPS) is 10.5. The minimum absolute atomic E-state index is 0.0763. The first-order valence-corrected chi connectivity index (χ1v) is 6.37. The third-order valence-corrected chi connectivity index (χ3v) is 2.77. The second kappa shape index (κ2) is 6.52. The number of carbonyl (C=O) groups excluding carboxylic acids is 1. The lowest BCUT2D eigenvalue weighted by Crippen LogP contribution is -2.05. The van der Waals surface area contributed by atoms with Crippen LogP contribution in [0.2, 0.25) is 0 Å². The van der Waals surface area contributed by atoms with Crippen LogP contribution in [-0.2, 0) is 4.79 Å². The van der Waals surface area contributed by atoms with Gasteiger partial charge in [-0.15, -0.1) is 0 Å². The number of carbonyl (C=O) groups is 1. The van der Waals surface area contributed by atoms with Crippen LogP contribution < -0.4 is 10.7 Å². The van der Waals surface area contributed by atoms with Crippen LogP contribution in [0.25, 0.3) is 0 Å². The molecule has 4 heteroatoms. The van der Waals surface area contributed by atoms with Gasteiger partial charge in [0.1, 0.15) is 0 Å². The highest BCUT2D eigenvalue weighted by Gasteiger charge is 1.95. The molecule has 1 amide bonds. The summed E-state index contributed by atoms with van der Waals surface area (Å²) in [5.41, 5.74) is 6.87. The lowest BCUT2D eigenvalue weighted by molar-refractivity contribution is -0.114. The molecule has 0 heterocycles. The fraction of sp³-hybridized carbons (Fsp3) is 0.125. The Morgan fingerprint density at radius 2 is 1.80 bits per heavy atom. The van der Waals surface area contributed by atoms with Crippen LogP contribution in [0.3, 0.4) is 0 Å². The van der Waals surface area contributed by atoms with Gasteiger partial charge in [-0.3, -0.25) is 10.2 Å². The summed E-state index contributed by atoms with van der Waals surface area (Å²) >= 11 is 0. The van der Waals surface area contributed by atoms with E-state index < -0.39 is 0 Å². The number of nitrogens with one attached hydrogen (secondary N) is 2. The minimum Gasteiger partial charge on any atom is -0.326 e. The molecule has 0 saturated carbocycles. The van der Waals surface area contributed by atoms with Crippen LogP contribution in [0.15, 0.2) is 53.6 Å². The van der Waals surface area contributed by atoms with E-state index in [2.05, 4.69) is 15.8 Å². The highest BCUT2D eigenvalue weighted by Crippen LogP contribution is 2.13. The van der Waals surface area contributed by atoms with Crippen LogP contribution >= 0.6 is 0 Å². The number of amides is 1. The Morgan fingerprint density at radius 3 is 2.45 bits per heavy atom. The van der Waals surface area contributed by atoms with Crippen molar-refractivity contribution < 1.29 is 4.79 Å². The average Bonchev–Trinajstić information content (AvgIpc) is 2.42. The van der Waals surface area contributed by atoms with Crippen molar-refractivity contribution in [3.8, 4) is 0 Å². The van der Waals surface area contributed by atoms with Crippen LogP contribution in [-0.4, -0.2) is 12.1 Å². The quantitative estimate of drug-likeness (QED) is 0.659. The number of hydrazone groups is 1. The van der Waals surface area contributed by atoms with E-state index in [1.807, 2.05) is 55.5 Å². The van der Waals surface area contributed by atoms with Gasteiger partial charge in [0, 0.05) is 12.6 Å². The van der Waals surface area contributed by atoms with Crippen LogP contribution in [0.4, 0.5) is 11.4 Å². The molecule has 0 saturated heterocycles. The van der Waals surface area contributed by atoms with Crippen molar-refractivity contribution in [3.63, 3.8) is 0 Å². The molecule has 0 bridgehead atoms. The molecule has 2 N–H and O–H groups in total. The summed E-state index contributed by atoms with van der Waals surface area (Å²) in [6, 6.07) is 15.4. The highest BCUT2D eigenvalue weighted by atomic mass is 16.1. The largest absolute Gasteiger partial charge is 0.326 e. The van der Waals surface area contributed by atoms with Crippen molar-refractivity contribution in [2.75, 3.05) is 10.7 Å². The predicted octanol–water partition coefficient (Wildman–Crippen LogP) is 3.40. The van der Waals surface area contributed by atoms with Crippen LogP contribution in [0, 0.1) is 6.92 Å². The fourth-order valence-electron chi connectivity index (χ4n) is 1.73. The number of rotatable bonds is 4. The van der Waals surface area contributed by atoms with Crippen molar-refractivity contribution in [1.82, 2.24) is 0 Å². The third kappa shape index (κ3) is 3.95. The number of benzene rings is 2. The topological polar surface area (TPSA) is 53.5 Å². The average molecular weight is 267 g/mol. The molecule has 0 aromatic heterocycles. The van der Waals surface area contributed by atoms with Gasteiger partial charge in [0.25, 0.3) is 0 Å². The molecular weight excluding hydrogens is 250 g/mol. The van der Waals surface area contributed by atoms with Gasteiger partial charge >= 0.3 is 0 Å². The summed E-state index contributed by atoms with van der Waals surface area (Å²) in [7, 11) is 0. The zero-order valence-corrected chi connectivity index (χ0v) is 11.6. The maximum Gasteiger partial charge on any atom is 0.221 e. The molecule has 0 atom stereocenters. The number of para-hydroxylation sites is 1. The molecule has 0 aliphatic rings. The summed E-state index contributed by atoms with van der Waals surface area (Å²) < 4.78 is 0. The number of hydrogen-bond acceptors (Lipinski definition) is 3. The van der Waals surface area contributed by atoms with Crippen molar-refractivity contribution >= 4 is 23.5 Å². The van der Waals surface area contributed by atoms with Crippen molar-refractivity contribution in [2.45, 2.75) is 13.8 Å². The lowest BCUT2D eigenvalue weighted by Gasteiger charge is -2.04. The smallest absolute Gasteiger partial charge is 0.221 e. The summed E-state index contributed by atoms with van der Waals surface area (Å²) in [5.74, 6) is -0.0763. The summed E-state index contributed by atoms with van der Waals surface area (Å²) in [5, 5.41) is 6.92. The Morgan fingerprint density at radius 1 is 1.10 bits per heavy atom. The van der Waals surface area contributed by atoms with E-state index in [0.717, 1.165) is 22.5 Å². The third-order valence-electron chi connectivity index (χ3n) is 2.77. The van der Waals surface area contributed by atoms with Crippen molar-refractivity contribution in [1.29, 1.82) is 0 Å². The maximum absolute atomic E-state index is 10.9. The maximum atomic E-state index is 10.9. The Hall–Kier alpha value is -2.62. The number of anilines is 2. The van der Waals surface area contributed by atoms with Gasteiger partial charge in [-0.05, 0) is 36.2 Å². The molecule has 102 valence electrons. The van der Waals surface area contributed by atoms with E-state index in [1.54, 1.807) is 6.21 Å². The van der Waals surface area contributed by atoms with Crippen LogP contribution in [0.1, 0.15) is 18.1 Å². The first-order chi connectivity index (χ1) is 9.65. The molecule has 0 radical (unpaired) electrons. The Balaban J connectivity index is 1.98. The molecule has 2 aromatic rings. The van der Waals surface area contributed by atoms with Gasteiger partial charge in [0.05, 0.1) is 11.9 Å². The van der Waals surface area contributed by atoms with Gasteiger partial charge < -0.3 is 5.32 Å². The number of aryl methyl sites for hydroxylation is 1. The van der Waals surface area contributed by atoms with Crippen LogP contribution in [0.5, 0.6) is 0 Å². The minimum atomic E-state index is -0.0763. The predicted molar refractivity (Wildman–Crippen MR) is 83.1 cm³/mol. The molecular formula is C16H17N3O. The van der Waals surface area contributed by atoms with E-state index in [1.165, 1.54) is 6.92 Å². The molecule has 0 fully saturated rings. The van der Waals surface area contributed by atoms with E-state index in [-0.39, 0.29) is 5.91 Å². The van der Waals surface area contributed by atoms with Crippen molar-refractivity contribution in [3.05, 3.63) is 59.7 Å². The summed E-state index contributed by atoms with van der Waals surface area (Å²) in [6.07, 6.45) is 1.74. The Bertz CT molecular complexity index is 618. The van der Waals surface area contributed by atoms with E-state index in [4.69, 9.17) is 0 Å². The molecule has 0 aliphatic heterocycles. The second-order valence-electron chi connectivity index (χ2n) is 4.49. The molecule has 0 aliphatic carbocycles. The van der Waals surface area contributed by atoms with Gasteiger partial charge in [0.15, 0.2) is 0 Å². The lowest BCUT2D eigenvalue weighted by atomic mass is 10.2. The molecule has 20 heavy (non-hydrogen) atoms. The zero-order chi connectivity index (χ0) is 14.4. The van der Waals surface area contributed by atoms with E-state index in [9.17, 15) is 4.79 Å². The molecule has 4 nitrogen and oxygen atoms in total. The Labute approximate surface area is 118 Å². The summed E-state index contributed by atoms with van der Waals surface area (Å²) in [4.78, 5) is 10.9. The SMILES string of the molecule is CC(=O)Nc1ccc(/C=N/Nc2ccccc2C)cc1. The molecule has 2 rings (SSSR count). The van der Waals surface area contributed by atoms with E-state index >= 15 is 0 Å². The highest BCUT2D eigenvalue weighted by molar-refractivity contribution is 5.89. The van der Waals surface area contributed by atoms with Gasteiger partial charge in [0.2, 0.25) is 5.91 Å². The fourth-order valence-corrected chi connectivity index (χ4v) is 1.73. The number of hydrogen-bond donors (Lipinski definition) is 2. The van der Waals surface area contributed by atoms with Gasteiger partial charge in [-0.25, -0.2) is 0 Å². The number of nitrogens with zero attached hydrogens (tertiary/aromatic N) is 1. The van der Waals surface area contributed by atoms with E-state index in [0.29, 0.717) is 0 Å². The zero-order valence-electron chi connectivity index (χ0n) is 11.6. The summed E-state index contributed by atoms with van der Waals surface area (Å²) in [6.45, 7) is 3.52. The molecule has 0 unspecified atom stereocenters. The monoisotopic (exact) mass is 267 g/mol. The second-order valence-corrected chi connectivity index (χ2v) is 4.49. The molecule has 0 spiro atoms. The van der Waals surface area contributed by atoms with Gasteiger partial charge in [-0.1, -0.05) is 30.3 Å². The van der Waals surface area contributed by atoms with Crippen molar-refractivity contribution in [2.24, 2.45) is 5.10 Å². The van der Waals surface area contributed by atoms with Gasteiger partial charge in [-0.2, -0.15) is 5.10 Å². The Kier molecular flexibility index (Phi) is 4.50. The first-order valence-electron chi connectivity index (χ1n) is 6.37.